The zero-order chi connectivity index (χ0) is 22.6. The number of nitrogens with zero attached hydrogens (tertiary/aromatic N) is 1. The van der Waals surface area contributed by atoms with Gasteiger partial charge in [-0.2, -0.15) is 0 Å². The second-order valence-corrected chi connectivity index (χ2v) is 9.55. The van der Waals surface area contributed by atoms with Crippen LogP contribution in [0.3, 0.4) is 0 Å². The number of halogens is 2. The summed E-state index contributed by atoms with van der Waals surface area (Å²) in [5, 5.41) is 10.3. The number of benzene rings is 1. The van der Waals surface area contributed by atoms with Gasteiger partial charge in [0.25, 0.3) is 0 Å². The van der Waals surface area contributed by atoms with Gasteiger partial charge in [-0.25, -0.2) is 13.8 Å². The Morgan fingerprint density at radius 3 is 2.47 bits per heavy atom. The van der Waals surface area contributed by atoms with Gasteiger partial charge in [0.2, 0.25) is 0 Å². The Balaban J connectivity index is 1.41. The molecule has 2 fully saturated rings. The normalized spacial score (nSPS) is 21.9. The van der Waals surface area contributed by atoms with Crippen molar-refractivity contribution in [1.29, 1.82) is 0 Å². The average Bonchev–Trinajstić information content (AvgIpc) is 3.53. The molecule has 0 radical (unpaired) electrons. The number of aromatic nitrogens is 1. The molecule has 1 aromatic carbocycles. The second-order valence-electron chi connectivity index (χ2n) is 9.55. The van der Waals surface area contributed by atoms with E-state index in [9.17, 15) is 8.78 Å². The lowest BCUT2D eigenvalue weighted by atomic mass is 9.91. The first-order valence-corrected chi connectivity index (χ1v) is 11.6. The lowest BCUT2D eigenvalue weighted by molar-refractivity contribution is 0.191. The van der Waals surface area contributed by atoms with Crippen LogP contribution in [0.2, 0.25) is 0 Å². The fraction of sp³-hybridized carbons (Fsp3) is 0.560. The van der Waals surface area contributed by atoms with E-state index in [0.29, 0.717) is 23.9 Å². The van der Waals surface area contributed by atoms with Crippen molar-refractivity contribution in [3.63, 3.8) is 0 Å². The largest absolute Gasteiger partial charge is 0.384 e. The molecule has 0 saturated heterocycles. The molecule has 4 rings (SSSR count). The number of hydrogen-bond donors (Lipinski definition) is 3. The van der Waals surface area contributed by atoms with Gasteiger partial charge in [0.15, 0.2) is 0 Å². The van der Waals surface area contributed by atoms with E-state index >= 15 is 0 Å². The molecule has 7 heteroatoms. The van der Waals surface area contributed by atoms with E-state index in [1.807, 2.05) is 0 Å². The summed E-state index contributed by atoms with van der Waals surface area (Å²) in [5.41, 5.74) is 1.62. The molecule has 0 aliphatic heterocycles. The minimum Gasteiger partial charge on any atom is -0.384 e. The molecule has 0 amide bonds. The fourth-order valence-electron chi connectivity index (χ4n) is 4.29. The monoisotopic (exact) mass is 444 g/mol. The summed E-state index contributed by atoms with van der Waals surface area (Å²) in [5.74, 6) is -0.376. The first-order chi connectivity index (χ1) is 15.5. The van der Waals surface area contributed by atoms with E-state index in [0.717, 1.165) is 44.5 Å². The first kappa shape index (κ1) is 22.9. The van der Waals surface area contributed by atoms with Crippen molar-refractivity contribution in [1.82, 2.24) is 10.3 Å². The Morgan fingerprint density at radius 2 is 1.75 bits per heavy atom. The van der Waals surface area contributed by atoms with Gasteiger partial charge in [-0.3, -0.25) is 0 Å². The van der Waals surface area contributed by atoms with Crippen LogP contribution in [0.5, 0.6) is 0 Å². The topological polar surface area (TPSA) is 58.2 Å². The third-order valence-electron chi connectivity index (χ3n) is 6.75. The molecule has 32 heavy (non-hydrogen) atoms. The van der Waals surface area contributed by atoms with Crippen molar-refractivity contribution >= 4 is 11.5 Å². The maximum absolute atomic E-state index is 14.6. The highest BCUT2D eigenvalue weighted by atomic mass is 19.1. The quantitative estimate of drug-likeness (QED) is 0.440. The van der Waals surface area contributed by atoms with Gasteiger partial charge in [0, 0.05) is 49.1 Å². The molecule has 3 N–H and O–H groups in total. The Labute approximate surface area is 189 Å². The van der Waals surface area contributed by atoms with E-state index in [1.165, 1.54) is 25.1 Å². The van der Waals surface area contributed by atoms with Crippen molar-refractivity contribution in [3.8, 4) is 11.1 Å². The van der Waals surface area contributed by atoms with Crippen molar-refractivity contribution < 1.29 is 13.5 Å². The summed E-state index contributed by atoms with van der Waals surface area (Å²) in [6, 6.07) is 7.21. The van der Waals surface area contributed by atoms with Crippen LogP contribution in [0.1, 0.15) is 45.4 Å². The van der Waals surface area contributed by atoms with Gasteiger partial charge in [-0.05, 0) is 68.2 Å². The number of nitrogens with one attached hydrogen (secondary N) is 3. The molecule has 2 saturated carbocycles. The van der Waals surface area contributed by atoms with Crippen molar-refractivity contribution in [2.45, 2.75) is 57.5 Å². The zero-order valence-corrected chi connectivity index (χ0v) is 19.0. The van der Waals surface area contributed by atoms with E-state index in [1.54, 1.807) is 25.3 Å². The molecule has 1 aromatic heterocycles. The molecule has 0 atom stereocenters. The van der Waals surface area contributed by atoms with Crippen molar-refractivity contribution in [2.24, 2.45) is 5.41 Å². The van der Waals surface area contributed by atoms with Crippen LogP contribution in [-0.4, -0.2) is 43.9 Å². The minimum absolute atomic E-state index is 0.233. The standard InChI is InChI=1S/C25H34F2N4O/c1-25(9-10-25)16-30-19-7-8-22(26)20(13-19)21-14-24(29-15-23(21)27)31-18-5-3-17(4-6-18)28-11-12-32-2/h7-8,13-15,17-18,28,30H,3-6,9-12,16H2,1-2H3,(H,29,31)/t17-,18-. The number of pyridine rings is 1. The van der Waals surface area contributed by atoms with Gasteiger partial charge in [-0.1, -0.05) is 6.92 Å². The minimum atomic E-state index is -0.521. The average molecular weight is 445 g/mol. The van der Waals surface area contributed by atoms with Crippen LogP contribution in [0.25, 0.3) is 11.1 Å². The van der Waals surface area contributed by atoms with Gasteiger partial charge in [-0.15, -0.1) is 0 Å². The summed E-state index contributed by atoms with van der Waals surface area (Å²) in [6.45, 7) is 4.65. The lowest BCUT2D eigenvalue weighted by Crippen LogP contribution is -2.38. The molecule has 1 heterocycles. The predicted octanol–water partition coefficient (Wildman–Crippen LogP) is 5.20. The van der Waals surface area contributed by atoms with Gasteiger partial charge < -0.3 is 20.7 Å². The molecule has 0 unspecified atom stereocenters. The third kappa shape index (κ3) is 5.95. The second kappa shape index (κ2) is 10.1. The number of ether oxygens (including phenoxy) is 1. The first-order valence-electron chi connectivity index (χ1n) is 11.6. The SMILES string of the molecule is COCCN[C@H]1CC[C@H](Nc2cc(-c3cc(NCC4(C)CC4)ccc3F)c(F)cn2)CC1. The van der Waals surface area contributed by atoms with Gasteiger partial charge in [0.1, 0.15) is 17.5 Å². The molecule has 0 spiro atoms. The molecular formula is C25H34F2N4O. The summed E-state index contributed by atoms with van der Waals surface area (Å²) >= 11 is 0. The smallest absolute Gasteiger partial charge is 0.149 e. The summed E-state index contributed by atoms with van der Waals surface area (Å²) in [7, 11) is 1.71. The maximum Gasteiger partial charge on any atom is 0.149 e. The predicted molar refractivity (Wildman–Crippen MR) is 125 cm³/mol. The summed E-state index contributed by atoms with van der Waals surface area (Å²) in [6.07, 6.45) is 7.73. The highest BCUT2D eigenvalue weighted by Crippen LogP contribution is 2.45. The summed E-state index contributed by atoms with van der Waals surface area (Å²) < 4.78 is 34.4. The highest BCUT2D eigenvalue weighted by Gasteiger charge is 2.36. The van der Waals surface area contributed by atoms with Crippen LogP contribution in [0.4, 0.5) is 20.3 Å². The maximum atomic E-state index is 14.6. The Kier molecular flexibility index (Phi) is 7.26. The van der Waals surface area contributed by atoms with E-state index < -0.39 is 11.6 Å². The van der Waals surface area contributed by atoms with Crippen LogP contribution < -0.4 is 16.0 Å². The number of anilines is 2. The van der Waals surface area contributed by atoms with E-state index in [4.69, 9.17) is 4.74 Å². The fourth-order valence-corrected chi connectivity index (χ4v) is 4.29. The molecule has 174 valence electrons. The van der Waals surface area contributed by atoms with Crippen LogP contribution in [0.15, 0.2) is 30.5 Å². The van der Waals surface area contributed by atoms with Crippen molar-refractivity contribution in [3.05, 3.63) is 42.1 Å². The van der Waals surface area contributed by atoms with Crippen LogP contribution in [-0.2, 0) is 4.74 Å². The van der Waals surface area contributed by atoms with Gasteiger partial charge in [0.05, 0.1) is 12.8 Å². The number of hydrogen-bond acceptors (Lipinski definition) is 5. The Bertz CT molecular complexity index is 911. The Morgan fingerprint density at radius 1 is 1.03 bits per heavy atom. The Hall–Kier alpha value is -2.25. The number of rotatable bonds is 10. The van der Waals surface area contributed by atoms with Crippen molar-refractivity contribution in [2.75, 3.05) is 37.4 Å². The number of methoxy groups -OCH3 is 1. The van der Waals surface area contributed by atoms with Crippen LogP contribution >= 0.6 is 0 Å². The lowest BCUT2D eigenvalue weighted by Gasteiger charge is -2.30. The molecule has 2 aliphatic rings. The molecule has 2 aliphatic carbocycles. The molecule has 0 bridgehead atoms. The van der Waals surface area contributed by atoms with E-state index in [-0.39, 0.29) is 17.2 Å². The van der Waals surface area contributed by atoms with Crippen LogP contribution in [0, 0.1) is 17.0 Å². The summed E-state index contributed by atoms with van der Waals surface area (Å²) in [4.78, 5) is 4.21. The molecule has 2 aromatic rings. The highest BCUT2D eigenvalue weighted by molar-refractivity contribution is 5.71. The molecule has 5 nitrogen and oxygen atoms in total. The van der Waals surface area contributed by atoms with Gasteiger partial charge >= 0.3 is 0 Å². The molecular weight excluding hydrogens is 410 g/mol. The zero-order valence-electron chi connectivity index (χ0n) is 19.0. The van der Waals surface area contributed by atoms with E-state index in [2.05, 4.69) is 27.9 Å². The third-order valence-corrected chi connectivity index (χ3v) is 6.75.